The Balaban J connectivity index is 2.20. The van der Waals surface area contributed by atoms with Gasteiger partial charge in [-0.1, -0.05) is 11.6 Å². The second-order valence-corrected chi connectivity index (χ2v) is 4.05. The summed E-state index contributed by atoms with van der Waals surface area (Å²) in [6.45, 7) is 0.144. The second-order valence-electron chi connectivity index (χ2n) is 3.61. The minimum absolute atomic E-state index is 0.117. The SMILES string of the molecule is Cn1ccnc1COc1cc(Cl)ccc1[N+](=O)[O-]. The molecule has 0 bridgehead atoms. The zero-order valence-corrected chi connectivity index (χ0v) is 10.3. The summed E-state index contributed by atoms with van der Waals surface area (Å²) in [7, 11) is 1.82. The molecule has 0 N–H and O–H groups in total. The number of hydrogen-bond donors (Lipinski definition) is 0. The van der Waals surface area contributed by atoms with Crippen LogP contribution in [0.4, 0.5) is 5.69 Å². The van der Waals surface area contributed by atoms with Gasteiger partial charge in [0.25, 0.3) is 0 Å². The van der Waals surface area contributed by atoms with E-state index in [0.29, 0.717) is 10.8 Å². The van der Waals surface area contributed by atoms with Crippen molar-refractivity contribution in [2.24, 2.45) is 7.05 Å². The number of benzene rings is 1. The first-order valence-corrected chi connectivity index (χ1v) is 5.48. The van der Waals surface area contributed by atoms with Crippen LogP contribution in [0.1, 0.15) is 5.82 Å². The van der Waals surface area contributed by atoms with E-state index in [1.807, 2.05) is 7.05 Å². The van der Waals surface area contributed by atoms with Crippen LogP contribution in [-0.2, 0) is 13.7 Å². The highest BCUT2D eigenvalue weighted by Gasteiger charge is 2.15. The molecule has 0 aliphatic heterocycles. The van der Waals surface area contributed by atoms with Crippen LogP contribution in [0, 0.1) is 10.1 Å². The van der Waals surface area contributed by atoms with E-state index in [4.69, 9.17) is 16.3 Å². The molecule has 0 aliphatic rings. The predicted molar refractivity (Wildman–Crippen MR) is 65.6 cm³/mol. The van der Waals surface area contributed by atoms with Gasteiger partial charge in [-0.2, -0.15) is 0 Å². The molecule has 0 amide bonds. The van der Waals surface area contributed by atoms with Crippen LogP contribution < -0.4 is 4.74 Å². The van der Waals surface area contributed by atoms with E-state index in [-0.39, 0.29) is 18.0 Å². The average molecular weight is 268 g/mol. The highest BCUT2D eigenvalue weighted by molar-refractivity contribution is 6.30. The minimum atomic E-state index is -0.510. The molecule has 94 valence electrons. The van der Waals surface area contributed by atoms with E-state index in [2.05, 4.69) is 4.98 Å². The third-order valence-electron chi connectivity index (χ3n) is 2.40. The number of nitro benzene ring substituents is 1. The largest absolute Gasteiger partial charge is 0.479 e. The Hall–Kier alpha value is -2.08. The van der Waals surface area contributed by atoms with Crippen molar-refractivity contribution >= 4 is 17.3 Å². The van der Waals surface area contributed by atoms with Gasteiger partial charge in [-0.15, -0.1) is 0 Å². The molecule has 7 heteroatoms. The first-order chi connectivity index (χ1) is 8.58. The molecule has 0 spiro atoms. The lowest BCUT2D eigenvalue weighted by atomic mass is 10.3. The number of rotatable bonds is 4. The maximum Gasteiger partial charge on any atom is 0.311 e. The summed E-state index contributed by atoms with van der Waals surface area (Å²) in [6, 6.07) is 4.19. The van der Waals surface area contributed by atoms with Crippen molar-refractivity contribution in [3.8, 4) is 5.75 Å². The molecule has 0 aliphatic carbocycles. The summed E-state index contributed by atoms with van der Waals surface area (Å²) in [4.78, 5) is 14.4. The van der Waals surface area contributed by atoms with Crippen molar-refractivity contribution in [3.05, 3.63) is 51.6 Å². The smallest absolute Gasteiger partial charge is 0.311 e. The first kappa shape index (κ1) is 12.4. The van der Waals surface area contributed by atoms with E-state index < -0.39 is 4.92 Å². The highest BCUT2D eigenvalue weighted by Crippen LogP contribution is 2.30. The van der Waals surface area contributed by atoms with Gasteiger partial charge in [-0.05, 0) is 6.07 Å². The molecule has 1 aromatic carbocycles. The molecular formula is C11H10ClN3O3. The third kappa shape index (κ3) is 2.60. The summed E-state index contributed by atoms with van der Waals surface area (Å²) >= 11 is 5.79. The lowest BCUT2D eigenvalue weighted by Crippen LogP contribution is -2.04. The zero-order valence-electron chi connectivity index (χ0n) is 9.54. The molecular weight excluding hydrogens is 258 g/mol. The Kier molecular flexibility index (Phi) is 3.47. The number of aromatic nitrogens is 2. The van der Waals surface area contributed by atoms with Crippen LogP contribution in [0.2, 0.25) is 5.02 Å². The van der Waals surface area contributed by atoms with Crippen LogP contribution in [-0.4, -0.2) is 14.5 Å². The predicted octanol–water partition coefficient (Wildman–Crippen LogP) is 2.56. The Morgan fingerprint density at radius 3 is 2.94 bits per heavy atom. The number of halogens is 1. The van der Waals surface area contributed by atoms with E-state index in [1.165, 1.54) is 18.2 Å². The van der Waals surface area contributed by atoms with Crippen LogP contribution in [0.3, 0.4) is 0 Å². The number of hydrogen-bond acceptors (Lipinski definition) is 4. The molecule has 0 fully saturated rings. The van der Waals surface area contributed by atoms with Crippen molar-refractivity contribution in [2.75, 3.05) is 0 Å². The van der Waals surface area contributed by atoms with Crippen LogP contribution in [0.5, 0.6) is 5.75 Å². The van der Waals surface area contributed by atoms with Gasteiger partial charge in [-0.3, -0.25) is 10.1 Å². The van der Waals surface area contributed by atoms with Crippen LogP contribution >= 0.6 is 11.6 Å². The van der Waals surface area contributed by atoms with Crippen LogP contribution in [0.25, 0.3) is 0 Å². The molecule has 0 radical (unpaired) electrons. The molecule has 1 heterocycles. The van der Waals surface area contributed by atoms with E-state index in [1.54, 1.807) is 17.0 Å². The normalized spacial score (nSPS) is 10.3. The number of nitrogens with zero attached hydrogens (tertiary/aromatic N) is 3. The maximum absolute atomic E-state index is 10.8. The Bertz CT molecular complexity index is 583. The minimum Gasteiger partial charge on any atom is -0.479 e. The summed E-state index contributed by atoms with van der Waals surface area (Å²) in [6.07, 6.45) is 3.40. The molecule has 0 atom stereocenters. The quantitative estimate of drug-likeness (QED) is 0.630. The second kappa shape index (κ2) is 5.05. The number of imidazole rings is 1. The van der Waals surface area contributed by atoms with Crippen molar-refractivity contribution in [3.63, 3.8) is 0 Å². The molecule has 0 saturated heterocycles. The highest BCUT2D eigenvalue weighted by atomic mass is 35.5. The van der Waals surface area contributed by atoms with Gasteiger partial charge in [0.05, 0.1) is 4.92 Å². The lowest BCUT2D eigenvalue weighted by molar-refractivity contribution is -0.385. The third-order valence-corrected chi connectivity index (χ3v) is 2.63. The van der Waals surface area contributed by atoms with Gasteiger partial charge in [-0.25, -0.2) is 4.98 Å². The monoisotopic (exact) mass is 267 g/mol. The summed E-state index contributed by atoms with van der Waals surface area (Å²) in [5.41, 5.74) is -0.117. The van der Waals surface area contributed by atoms with E-state index >= 15 is 0 Å². The van der Waals surface area contributed by atoms with Gasteiger partial charge in [0, 0.05) is 36.6 Å². The Labute approximate surface area is 108 Å². The van der Waals surface area contributed by atoms with Crippen molar-refractivity contribution in [1.29, 1.82) is 0 Å². The number of nitro groups is 1. The molecule has 0 unspecified atom stereocenters. The van der Waals surface area contributed by atoms with Gasteiger partial charge >= 0.3 is 5.69 Å². The summed E-state index contributed by atoms with van der Waals surface area (Å²) in [5.74, 6) is 0.805. The Morgan fingerprint density at radius 1 is 1.56 bits per heavy atom. The fraction of sp³-hybridized carbons (Fsp3) is 0.182. The summed E-state index contributed by atoms with van der Waals surface area (Å²) in [5, 5.41) is 11.2. The summed E-state index contributed by atoms with van der Waals surface area (Å²) < 4.78 is 7.17. The van der Waals surface area contributed by atoms with Gasteiger partial charge in [0.15, 0.2) is 5.75 Å². The molecule has 6 nitrogen and oxygen atoms in total. The van der Waals surface area contributed by atoms with Gasteiger partial charge in [0.2, 0.25) is 0 Å². The van der Waals surface area contributed by atoms with Crippen molar-refractivity contribution in [2.45, 2.75) is 6.61 Å². The molecule has 2 aromatic rings. The van der Waals surface area contributed by atoms with Gasteiger partial charge < -0.3 is 9.30 Å². The van der Waals surface area contributed by atoms with Crippen LogP contribution in [0.15, 0.2) is 30.6 Å². The molecule has 18 heavy (non-hydrogen) atoms. The van der Waals surface area contributed by atoms with Crippen molar-refractivity contribution in [1.82, 2.24) is 9.55 Å². The Morgan fingerprint density at radius 2 is 2.33 bits per heavy atom. The fourth-order valence-corrected chi connectivity index (χ4v) is 1.59. The van der Waals surface area contributed by atoms with Gasteiger partial charge in [0.1, 0.15) is 12.4 Å². The first-order valence-electron chi connectivity index (χ1n) is 5.11. The number of ether oxygens (including phenoxy) is 1. The average Bonchev–Trinajstić information content (AvgIpc) is 2.72. The van der Waals surface area contributed by atoms with E-state index in [9.17, 15) is 10.1 Å². The standard InChI is InChI=1S/C11H10ClN3O3/c1-14-5-4-13-11(14)7-18-10-6-8(12)2-3-9(10)15(16)17/h2-6H,7H2,1H3. The maximum atomic E-state index is 10.8. The van der Waals surface area contributed by atoms with E-state index in [0.717, 1.165) is 0 Å². The molecule has 2 rings (SSSR count). The van der Waals surface area contributed by atoms with Crippen molar-refractivity contribution < 1.29 is 9.66 Å². The fourth-order valence-electron chi connectivity index (χ4n) is 1.43. The molecule has 0 saturated carbocycles. The molecule has 1 aromatic heterocycles. The topological polar surface area (TPSA) is 70.2 Å². The lowest BCUT2D eigenvalue weighted by Gasteiger charge is -2.07. The zero-order chi connectivity index (χ0) is 13.1. The number of aryl methyl sites for hydroxylation is 1.